The van der Waals surface area contributed by atoms with E-state index >= 15 is 0 Å². The van der Waals surface area contributed by atoms with Gasteiger partial charge in [0.2, 0.25) is 5.91 Å². The summed E-state index contributed by atoms with van der Waals surface area (Å²) in [6.45, 7) is 0. The third kappa shape index (κ3) is 5.58. The maximum Gasteiger partial charge on any atom is 0.256 e. The lowest BCUT2D eigenvalue weighted by Crippen LogP contribution is -2.16. The molecule has 31 heavy (non-hydrogen) atoms. The number of amides is 2. The van der Waals surface area contributed by atoms with E-state index in [0.717, 1.165) is 23.9 Å². The lowest BCUT2D eigenvalue weighted by Gasteiger charge is -2.11. The summed E-state index contributed by atoms with van der Waals surface area (Å²) in [4.78, 5) is 25.3. The fourth-order valence-corrected chi connectivity index (χ4v) is 3.48. The fraction of sp³-hybridized carbons (Fsp3) is 0.0909. The van der Waals surface area contributed by atoms with E-state index < -0.39 is 29.0 Å². The van der Waals surface area contributed by atoms with E-state index in [0.29, 0.717) is 16.3 Å². The molecule has 0 bridgehead atoms. The Morgan fingerprint density at radius 3 is 2.48 bits per heavy atom. The van der Waals surface area contributed by atoms with Crippen LogP contribution in [0.25, 0.3) is 0 Å². The van der Waals surface area contributed by atoms with Crippen LogP contribution in [0.2, 0.25) is 0 Å². The Hall–Kier alpha value is -3.46. The molecule has 0 aliphatic heterocycles. The van der Waals surface area contributed by atoms with E-state index in [4.69, 9.17) is 4.74 Å². The number of nitrogens with one attached hydrogen (secondary N) is 2. The molecule has 0 aliphatic carbocycles. The molecule has 2 N–H and O–H groups in total. The topological polar surface area (TPSA) is 67.4 Å². The second-order valence-electron chi connectivity index (χ2n) is 6.24. The van der Waals surface area contributed by atoms with Crippen molar-refractivity contribution in [3.05, 3.63) is 83.7 Å². The monoisotopic (exact) mass is 446 g/mol. The number of carbonyl (C=O) groups is 2. The van der Waals surface area contributed by atoms with Crippen LogP contribution in [0.15, 0.2) is 65.6 Å². The molecule has 0 unspecified atom stereocenters. The Kier molecular flexibility index (Phi) is 7.19. The molecule has 0 saturated carbocycles. The van der Waals surface area contributed by atoms with Crippen LogP contribution in [0.3, 0.4) is 0 Å². The van der Waals surface area contributed by atoms with E-state index in [2.05, 4.69) is 10.6 Å². The zero-order valence-corrected chi connectivity index (χ0v) is 17.1. The minimum Gasteiger partial charge on any atom is -0.497 e. The molecule has 0 saturated heterocycles. The van der Waals surface area contributed by atoms with E-state index in [1.807, 2.05) is 0 Å². The van der Waals surface area contributed by atoms with Gasteiger partial charge < -0.3 is 15.4 Å². The van der Waals surface area contributed by atoms with Crippen molar-refractivity contribution in [2.75, 3.05) is 23.5 Å². The maximum absolute atomic E-state index is 13.9. The average Bonchev–Trinajstić information content (AvgIpc) is 2.78. The van der Waals surface area contributed by atoms with Gasteiger partial charge in [-0.1, -0.05) is 18.2 Å². The Bertz CT molecular complexity index is 1120. The number of halogens is 3. The van der Waals surface area contributed by atoms with E-state index in [1.165, 1.54) is 13.2 Å². The molecule has 0 radical (unpaired) electrons. The third-order valence-corrected chi connectivity index (χ3v) is 5.20. The van der Waals surface area contributed by atoms with Gasteiger partial charge in [0.25, 0.3) is 5.91 Å². The molecule has 0 fully saturated rings. The number of thioether (sulfide) groups is 1. The second-order valence-corrected chi connectivity index (χ2v) is 7.26. The van der Waals surface area contributed by atoms with Gasteiger partial charge in [-0.25, -0.2) is 13.2 Å². The van der Waals surface area contributed by atoms with Gasteiger partial charge in [0.1, 0.15) is 5.75 Å². The first kappa shape index (κ1) is 22.2. The van der Waals surface area contributed by atoms with Gasteiger partial charge in [0, 0.05) is 16.6 Å². The Labute approximate surface area is 180 Å². The molecule has 0 atom stereocenters. The van der Waals surface area contributed by atoms with Crippen molar-refractivity contribution in [3.63, 3.8) is 0 Å². The lowest BCUT2D eigenvalue weighted by molar-refractivity contribution is -0.113. The molecule has 160 valence electrons. The van der Waals surface area contributed by atoms with Crippen molar-refractivity contribution in [2.45, 2.75) is 4.90 Å². The Morgan fingerprint density at radius 1 is 0.935 bits per heavy atom. The van der Waals surface area contributed by atoms with Crippen molar-refractivity contribution in [3.8, 4) is 5.75 Å². The first-order valence-electron chi connectivity index (χ1n) is 8.99. The van der Waals surface area contributed by atoms with Crippen LogP contribution in [0.5, 0.6) is 5.75 Å². The van der Waals surface area contributed by atoms with Gasteiger partial charge in [0.05, 0.1) is 24.1 Å². The Morgan fingerprint density at radius 2 is 1.71 bits per heavy atom. The standard InChI is InChI=1S/C22H17F3N2O3S/c1-30-14-6-4-5-13(11-14)26-19(28)12-31-18-8-3-2-7-15(18)22(29)27-17-10-9-16(23)20(24)21(17)25/h2-11H,12H2,1H3,(H,26,28)(H,27,29). The molecule has 9 heteroatoms. The molecule has 3 aromatic carbocycles. The van der Waals surface area contributed by atoms with Crippen LogP contribution in [-0.2, 0) is 4.79 Å². The Balaban J connectivity index is 1.68. The summed E-state index contributed by atoms with van der Waals surface area (Å²) < 4.78 is 45.4. The molecular formula is C22H17F3N2O3S. The first-order chi connectivity index (χ1) is 14.9. The number of methoxy groups -OCH3 is 1. The summed E-state index contributed by atoms with van der Waals surface area (Å²) in [6.07, 6.45) is 0. The minimum atomic E-state index is -1.67. The average molecular weight is 446 g/mol. The number of hydrogen-bond donors (Lipinski definition) is 2. The van der Waals surface area contributed by atoms with E-state index in [-0.39, 0.29) is 17.2 Å². The number of carbonyl (C=O) groups excluding carboxylic acids is 2. The normalized spacial score (nSPS) is 10.5. The first-order valence-corrected chi connectivity index (χ1v) is 9.98. The molecule has 3 rings (SSSR count). The van der Waals surface area contributed by atoms with E-state index in [9.17, 15) is 22.8 Å². The summed E-state index contributed by atoms with van der Waals surface area (Å²) in [5, 5.41) is 4.95. The number of anilines is 2. The predicted molar refractivity (Wildman–Crippen MR) is 113 cm³/mol. The molecule has 5 nitrogen and oxygen atoms in total. The van der Waals surface area contributed by atoms with Gasteiger partial charge in [-0.3, -0.25) is 9.59 Å². The smallest absolute Gasteiger partial charge is 0.256 e. The molecular weight excluding hydrogens is 429 g/mol. The van der Waals surface area contributed by atoms with Crippen LogP contribution < -0.4 is 15.4 Å². The number of benzene rings is 3. The van der Waals surface area contributed by atoms with Gasteiger partial charge in [-0.2, -0.15) is 0 Å². The highest BCUT2D eigenvalue weighted by atomic mass is 32.2. The van der Waals surface area contributed by atoms with Gasteiger partial charge >= 0.3 is 0 Å². The summed E-state index contributed by atoms with van der Waals surface area (Å²) in [5.41, 5.74) is 0.232. The van der Waals surface area contributed by atoms with Crippen molar-refractivity contribution in [1.29, 1.82) is 0 Å². The maximum atomic E-state index is 13.9. The molecule has 0 heterocycles. The van der Waals surface area contributed by atoms with Crippen molar-refractivity contribution >= 4 is 35.0 Å². The van der Waals surface area contributed by atoms with Crippen LogP contribution in [0.1, 0.15) is 10.4 Å². The summed E-state index contributed by atoms with van der Waals surface area (Å²) in [7, 11) is 1.52. The van der Waals surface area contributed by atoms with Crippen molar-refractivity contribution in [1.82, 2.24) is 0 Å². The SMILES string of the molecule is COc1cccc(NC(=O)CSc2ccccc2C(=O)Nc2ccc(F)c(F)c2F)c1. The number of hydrogen-bond acceptors (Lipinski definition) is 4. The minimum absolute atomic E-state index is 0.00103. The van der Waals surface area contributed by atoms with Crippen LogP contribution in [0, 0.1) is 17.5 Å². The molecule has 0 spiro atoms. The summed E-state index contributed by atoms with van der Waals surface area (Å²) >= 11 is 1.10. The molecule has 0 aromatic heterocycles. The zero-order valence-electron chi connectivity index (χ0n) is 16.2. The highest BCUT2D eigenvalue weighted by Crippen LogP contribution is 2.26. The van der Waals surface area contributed by atoms with Gasteiger partial charge in [-0.05, 0) is 36.4 Å². The van der Waals surface area contributed by atoms with E-state index in [1.54, 1.807) is 42.5 Å². The van der Waals surface area contributed by atoms with Gasteiger partial charge in [0.15, 0.2) is 17.5 Å². The second kappa shape index (κ2) is 10.0. The quantitative estimate of drug-likeness (QED) is 0.392. The predicted octanol–water partition coefficient (Wildman–Crippen LogP) is 5.10. The van der Waals surface area contributed by atoms with Crippen LogP contribution in [0.4, 0.5) is 24.5 Å². The highest BCUT2D eigenvalue weighted by Gasteiger charge is 2.18. The van der Waals surface area contributed by atoms with Crippen molar-refractivity contribution in [2.24, 2.45) is 0 Å². The van der Waals surface area contributed by atoms with Crippen LogP contribution >= 0.6 is 11.8 Å². The molecule has 2 amide bonds. The van der Waals surface area contributed by atoms with Crippen molar-refractivity contribution < 1.29 is 27.5 Å². The lowest BCUT2D eigenvalue weighted by atomic mass is 10.2. The summed E-state index contributed by atoms with van der Waals surface area (Å²) in [6, 6.07) is 14.9. The largest absolute Gasteiger partial charge is 0.497 e. The highest BCUT2D eigenvalue weighted by molar-refractivity contribution is 8.00. The third-order valence-electron chi connectivity index (χ3n) is 4.13. The molecule has 3 aromatic rings. The van der Waals surface area contributed by atoms with Gasteiger partial charge in [-0.15, -0.1) is 11.8 Å². The number of rotatable bonds is 7. The zero-order chi connectivity index (χ0) is 22.4. The fourth-order valence-electron chi connectivity index (χ4n) is 2.63. The summed E-state index contributed by atoms with van der Waals surface area (Å²) in [5.74, 6) is -4.95. The number of ether oxygens (including phenoxy) is 1. The molecule has 0 aliphatic rings. The van der Waals surface area contributed by atoms with Crippen LogP contribution in [-0.4, -0.2) is 24.7 Å².